The van der Waals surface area contributed by atoms with Crippen molar-refractivity contribution in [3.05, 3.63) is 64.4 Å². The predicted molar refractivity (Wildman–Crippen MR) is 98.8 cm³/mol. The minimum Gasteiger partial charge on any atom is -0.464 e. The standard InChI is InChI=1S/C18H14ClFN2O3S/c19-13-10-11(3-5-14(13)20)22-18(24)17(23)21-8-7-12-4-6-16(26-12)15-2-1-9-25-15/h1-6,9-10H,7-8H2,(H,21,23)(H,22,24). The molecule has 0 fully saturated rings. The van der Waals surface area contributed by atoms with Gasteiger partial charge in [-0.25, -0.2) is 4.39 Å². The first-order valence-electron chi connectivity index (χ1n) is 7.70. The van der Waals surface area contributed by atoms with E-state index in [1.807, 2.05) is 24.3 Å². The molecule has 2 N–H and O–H groups in total. The summed E-state index contributed by atoms with van der Waals surface area (Å²) in [6.07, 6.45) is 2.20. The number of furan rings is 1. The second-order valence-electron chi connectivity index (χ2n) is 5.33. The van der Waals surface area contributed by atoms with Gasteiger partial charge in [0.25, 0.3) is 0 Å². The van der Waals surface area contributed by atoms with Gasteiger partial charge in [-0.05, 0) is 48.9 Å². The fourth-order valence-corrected chi connectivity index (χ4v) is 3.36. The summed E-state index contributed by atoms with van der Waals surface area (Å²) >= 11 is 7.20. The van der Waals surface area contributed by atoms with Crippen molar-refractivity contribution < 1.29 is 18.4 Å². The molecule has 0 radical (unpaired) electrons. The van der Waals surface area contributed by atoms with Gasteiger partial charge in [-0.3, -0.25) is 9.59 Å². The number of nitrogens with one attached hydrogen (secondary N) is 2. The molecule has 2 aromatic heterocycles. The topological polar surface area (TPSA) is 71.3 Å². The summed E-state index contributed by atoms with van der Waals surface area (Å²) < 4.78 is 18.4. The summed E-state index contributed by atoms with van der Waals surface area (Å²) in [5.41, 5.74) is 0.248. The van der Waals surface area contributed by atoms with Gasteiger partial charge < -0.3 is 15.1 Å². The fraction of sp³-hybridized carbons (Fsp3) is 0.111. The molecule has 0 aliphatic rings. The van der Waals surface area contributed by atoms with E-state index in [0.717, 1.165) is 21.6 Å². The van der Waals surface area contributed by atoms with Crippen LogP contribution in [0.15, 0.2) is 53.1 Å². The Morgan fingerprint density at radius 3 is 2.73 bits per heavy atom. The molecular weight excluding hydrogens is 379 g/mol. The van der Waals surface area contributed by atoms with Crippen molar-refractivity contribution in [3.63, 3.8) is 0 Å². The van der Waals surface area contributed by atoms with E-state index in [9.17, 15) is 14.0 Å². The van der Waals surface area contributed by atoms with E-state index >= 15 is 0 Å². The molecule has 0 saturated heterocycles. The molecule has 26 heavy (non-hydrogen) atoms. The number of amides is 2. The molecule has 134 valence electrons. The molecule has 2 heterocycles. The SMILES string of the molecule is O=C(NCCc1ccc(-c2ccco2)s1)C(=O)Nc1ccc(F)c(Cl)c1. The lowest BCUT2D eigenvalue weighted by Gasteiger charge is -2.06. The molecule has 3 rings (SSSR count). The van der Waals surface area contributed by atoms with Crippen LogP contribution in [0.2, 0.25) is 5.02 Å². The summed E-state index contributed by atoms with van der Waals surface area (Å²) in [4.78, 5) is 25.7. The molecule has 0 aliphatic heterocycles. The molecule has 5 nitrogen and oxygen atoms in total. The van der Waals surface area contributed by atoms with Gasteiger partial charge in [-0.15, -0.1) is 11.3 Å². The first-order valence-corrected chi connectivity index (χ1v) is 8.89. The molecule has 0 bridgehead atoms. The molecule has 0 unspecified atom stereocenters. The van der Waals surface area contributed by atoms with Crippen molar-refractivity contribution in [2.45, 2.75) is 6.42 Å². The maximum atomic E-state index is 13.1. The minimum absolute atomic E-state index is 0.131. The number of anilines is 1. The lowest BCUT2D eigenvalue weighted by Crippen LogP contribution is -2.36. The van der Waals surface area contributed by atoms with Gasteiger partial charge in [0.1, 0.15) is 11.6 Å². The van der Waals surface area contributed by atoms with E-state index in [-0.39, 0.29) is 10.7 Å². The third kappa shape index (κ3) is 4.50. The van der Waals surface area contributed by atoms with Crippen molar-refractivity contribution in [2.75, 3.05) is 11.9 Å². The number of thiophene rings is 1. The maximum absolute atomic E-state index is 13.1. The number of halogens is 2. The molecule has 0 spiro atoms. The lowest BCUT2D eigenvalue weighted by molar-refractivity contribution is -0.136. The Morgan fingerprint density at radius 2 is 2.00 bits per heavy atom. The number of hydrogen-bond donors (Lipinski definition) is 2. The van der Waals surface area contributed by atoms with Crippen LogP contribution in [0.25, 0.3) is 10.6 Å². The van der Waals surface area contributed by atoms with E-state index < -0.39 is 17.6 Å². The van der Waals surface area contributed by atoms with Crippen LogP contribution in [0.3, 0.4) is 0 Å². The molecule has 1 aromatic carbocycles. The highest BCUT2D eigenvalue weighted by molar-refractivity contribution is 7.15. The highest BCUT2D eigenvalue weighted by Crippen LogP contribution is 2.28. The Hall–Kier alpha value is -2.64. The summed E-state index contributed by atoms with van der Waals surface area (Å²) in [7, 11) is 0. The predicted octanol–water partition coefficient (Wildman–Crippen LogP) is 4.10. The average molecular weight is 393 g/mol. The third-order valence-electron chi connectivity index (χ3n) is 3.47. The van der Waals surface area contributed by atoms with Crippen LogP contribution in [0, 0.1) is 5.82 Å². The van der Waals surface area contributed by atoms with E-state index in [0.29, 0.717) is 13.0 Å². The zero-order valence-corrected chi connectivity index (χ0v) is 15.0. The molecule has 0 aliphatic carbocycles. The van der Waals surface area contributed by atoms with E-state index in [1.54, 1.807) is 17.6 Å². The van der Waals surface area contributed by atoms with Crippen molar-refractivity contribution in [1.29, 1.82) is 0 Å². The Bertz CT molecular complexity index is 924. The van der Waals surface area contributed by atoms with Crippen LogP contribution in [-0.4, -0.2) is 18.4 Å². The smallest absolute Gasteiger partial charge is 0.313 e. The zero-order chi connectivity index (χ0) is 18.5. The van der Waals surface area contributed by atoms with Gasteiger partial charge in [-0.1, -0.05) is 11.6 Å². The number of benzene rings is 1. The molecule has 0 saturated carbocycles. The maximum Gasteiger partial charge on any atom is 0.313 e. The van der Waals surface area contributed by atoms with Crippen LogP contribution >= 0.6 is 22.9 Å². The van der Waals surface area contributed by atoms with Gasteiger partial charge in [0.2, 0.25) is 0 Å². The second-order valence-corrected chi connectivity index (χ2v) is 6.91. The Kier molecular flexibility index (Phi) is 5.70. The van der Waals surface area contributed by atoms with E-state index in [1.165, 1.54) is 12.1 Å². The quantitative estimate of drug-likeness (QED) is 0.642. The highest BCUT2D eigenvalue weighted by atomic mass is 35.5. The van der Waals surface area contributed by atoms with Gasteiger partial charge >= 0.3 is 11.8 Å². The van der Waals surface area contributed by atoms with Gasteiger partial charge in [-0.2, -0.15) is 0 Å². The van der Waals surface area contributed by atoms with E-state index in [4.69, 9.17) is 16.0 Å². The van der Waals surface area contributed by atoms with Crippen molar-refractivity contribution >= 4 is 40.4 Å². The van der Waals surface area contributed by atoms with Crippen LogP contribution in [0.1, 0.15) is 4.88 Å². The number of carbonyl (C=O) groups excluding carboxylic acids is 2. The first-order chi connectivity index (χ1) is 12.5. The van der Waals surface area contributed by atoms with Crippen LogP contribution in [0.4, 0.5) is 10.1 Å². The highest BCUT2D eigenvalue weighted by Gasteiger charge is 2.14. The monoisotopic (exact) mass is 392 g/mol. The zero-order valence-electron chi connectivity index (χ0n) is 13.4. The summed E-state index contributed by atoms with van der Waals surface area (Å²) in [6, 6.07) is 11.3. The van der Waals surface area contributed by atoms with E-state index in [2.05, 4.69) is 10.6 Å². The number of carbonyl (C=O) groups is 2. The second kappa shape index (κ2) is 8.16. The largest absolute Gasteiger partial charge is 0.464 e. The Balaban J connectivity index is 1.47. The summed E-state index contributed by atoms with van der Waals surface area (Å²) in [5.74, 6) is -1.41. The van der Waals surface area contributed by atoms with Crippen molar-refractivity contribution in [3.8, 4) is 10.6 Å². The minimum atomic E-state index is -0.838. The molecule has 8 heteroatoms. The number of hydrogen-bond acceptors (Lipinski definition) is 4. The average Bonchev–Trinajstić information content (AvgIpc) is 3.29. The Labute approximate surface area is 157 Å². The van der Waals surface area contributed by atoms with Crippen LogP contribution in [0.5, 0.6) is 0 Å². The fourth-order valence-electron chi connectivity index (χ4n) is 2.20. The molecule has 3 aromatic rings. The van der Waals surface area contributed by atoms with Crippen molar-refractivity contribution in [2.24, 2.45) is 0 Å². The number of rotatable bonds is 5. The van der Waals surface area contributed by atoms with Gasteiger partial charge in [0.05, 0.1) is 16.2 Å². The van der Waals surface area contributed by atoms with Gasteiger partial charge in [0, 0.05) is 17.1 Å². The third-order valence-corrected chi connectivity index (χ3v) is 4.92. The molecule has 2 amide bonds. The lowest BCUT2D eigenvalue weighted by atomic mass is 10.3. The molecule has 0 atom stereocenters. The Morgan fingerprint density at radius 1 is 1.15 bits per heavy atom. The van der Waals surface area contributed by atoms with Crippen LogP contribution < -0.4 is 10.6 Å². The normalized spacial score (nSPS) is 10.5. The van der Waals surface area contributed by atoms with Crippen LogP contribution in [-0.2, 0) is 16.0 Å². The molecular formula is C18H14ClFN2O3S. The summed E-state index contributed by atoms with van der Waals surface area (Å²) in [6.45, 7) is 0.314. The van der Waals surface area contributed by atoms with Crippen molar-refractivity contribution in [1.82, 2.24) is 5.32 Å². The first kappa shape index (κ1) is 18.2. The summed E-state index contributed by atoms with van der Waals surface area (Å²) in [5, 5.41) is 4.78. The van der Waals surface area contributed by atoms with Gasteiger partial charge in [0.15, 0.2) is 0 Å².